The molecule has 0 fully saturated rings. The topological polar surface area (TPSA) is 95.9 Å². The van der Waals surface area contributed by atoms with Crippen LogP contribution in [-0.4, -0.2) is 35.1 Å². The minimum Gasteiger partial charge on any atom is -0.479 e. The van der Waals surface area contributed by atoms with E-state index in [1.807, 2.05) is 30.3 Å². The number of hydrogen-bond donors (Lipinski definition) is 0. The molecule has 5 rings (SSSR count). The molecular formula is C27H20BrN3O5. The Hall–Kier alpha value is -4.24. The highest BCUT2D eigenvalue weighted by Crippen LogP contribution is 2.29. The number of halogens is 1. The van der Waals surface area contributed by atoms with Crippen LogP contribution >= 0.6 is 15.9 Å². The van der Waals surface area contributed by atoms with Crippen LogP contribution in [0.3, 0.4) is 0 Å². The van der Waals surface area contributed by atoms with Gasteiger partial charge in [0.1, 0.15) is 11.3 Å². The van der Waals surface area contributed by atoms with Gasteiger partial charge in [0, 0.05) is 9.86 Å². The Morgan fingerprint density at radius 3 is 2.67 bits per heavy atom. The van der Waals surface area contributed by atoms with Gasteiger partial charge in [-0.3, -0.25) is 4.79 Å². The second kappa shape index (κ2) is 9.79. The number of carbonyl (C=O) groups excluding carboxylic acids is 1. The first kappa shape index (κ1) is 23.5. The van der Waals surface area contributed by atoms with Crippen molar-refractivity contribution < 1.29 is 18.7 Å². The summed E-state index contributed by atoms with van der Waals surface area (Å²) in [4.78, 5) is 29.6. The molecule has 0 saturated heterocycles. The van der Waals surface area contributed by atoms with Crippen molar-refractivity contribution in [3.05, 3.63) is 93.2 Å². The Bertz CT molecular complexity index is 1670. The van der Waals surface area contributed by atoms with Crippen molar-refractivity contribution in [2.75, 3.05) is 7.11 Å². The van der Waals surface area contributed by atoms with Crippen molar-refractivity contribution in [1.29, 1.82) is 0 Å². The number of methoxy groups -OCH3 is 1. The van der Waals surface area contributed by atoms with E-state index < -0.39 is 12.1 Å². The number of ether oxygens (including phenoxy) is 2. The van der Waals surface area contributed by atoms with Crippen molar-refractivity contribution in [3.8, 4) is 17.3 Å². The van der Waals surface area contributed by atoms with Gasteiger partial charge in [-0.15, -0.1) is 0 Å². The van der Waals surface area contributed by atoms with Crippen LogP contribution in [0.25, 0.3) is 33.5 Å². The lowest BCUT2D eigenvalue weighted by atomic mass is 10.2. The van der Waals surface area contributed by atoms with Crippen LogP contribution in [0.4, 0.5) is 0 Å². The summed E-state index contributed by atoms with van der Waals surface area (Å²) >= 11 is 3.47. The molecule has 0 amide bonds. The Labute approximate surface area is 213 Å². The maximum atomic E-state index is 13.4. The fourth-order valence-corrected chi connectivity index (χ4v) is 4.07. The summed E-state index contributed by atoms with van der Waals surface area (Å²) in [5, 5.41) is 5.77. The number of carbonyl (C=O) groups is 1. The highest BCUT2D eigenvalue weighted by molar-refractivity contribution is 9.10. The summed E-state index contributed by atoms with van der Waals surface area (Å²) in [7, 11) is 1.31. The first-order valence-corrected chi connectivity index (χ1v) is 11.8. The molecule has 5 aromatic rings. The Balaban J connectivity index is 1.54. The van der Waals surface area contributed by atoms with Crippen LogP contribution in [0.2, 0.25) is 0 Å². The van der Waals surface area contributed by atoms with E-state index in [0.29, 0.717) is 33.6 Å². The van der Waals surface area contributed by atoms with E-state index >= 15 is 0 Å². The van der Waals surface area contributed by atoms with Crippen LogP contribution in [0.5, 0.6) is 5.75 Å². The quantitative estimate of drug-likeness (QED) is 0.209. The third-order valence-electron chi connectivity index (χ3n) is 5.50. The maximum absolute atomic E-state index is 13.4. The van der Waals surface area contributed by atoms with Gasteiger partial charge in [-0.2, -0.15) is 9.78 Å². The van der Waals surface area contributed by atoms with Gasteiger partial charge in [0.2, 0.25) is 5.82 Å². The number of furan rings is 1. The third kappa shape index (κ3) is 4.65. The van der Waals surface area contributed by atoms with Gasteiger partial charge in [-0.25, -0.2) is 9.78 Å². The van der Waals surface area contributed by atoms with Gasteiger partial charge in [-0.1, -0.05) is 28.1 Å². The molecule has 0 bridgehead atoms. The Kier molecular flexibility index (Phi) is 6.39. The smallest absolute Gasteiger partial charge is 0.346 e. The predicted molar refractivity (Wildman–Crippen MR) is 140 cm³/mol. The first-order valence-electron chi connectivity index (χ1n) is 11.0. The van der Waals surface area contributed by atoms with Crippen LogP contribution in [0.1, 0.15) is 12.5 Å². The maximum Gasteiger partial charge on any atom is 0.346 e. The molecule has 0 unspecified atom stereocenters. The molecule has 3 aromatic carbocycles. The van der Waals surface area contributed by atoms with Crippen LogP contribution < -0.4 is 10.3 Å². The monoisotopic (exact) mass is 545 g/mol. The zero-order valence-corrected chi connectivity index (χ0v) is 20.9. The summed E-state index contributed by atoms with van der Waals surface area (Å²) in [5.74, 6) is 0.746. The zero-order chi connectivity index (χ0) is 25.2. The van der Waals surface area contributed by atoms with Gasteiger partial charge < -0.3 is 13.9 Å². The SMILES string of the molecule is COC(=O)[C@H](C)Oc1ccc(C=Nn2c(-c3cc4cc(Br)ccc4o3)nc3ccccc3c2=O)cc1. The molecule has 2 aromatic heterocycles. The highest BCUT2D eigenvalue weighted by atomic mass is 79.9. The molecule has 0 saturated carbocycles. The van der Waals surface area contributed by atoms with Gasteiger partial charge >= 0.3 is 5.97 Å². The minimum atomic E-state index is -0.733. The summed E-state index contributed by atoms with van der Waals surface area (Å²) in [6.07, 6.45) is 0.817. The van der Waals surface area contributed by atoms with Crippen molar-refractivity contribution in [3.63, 3.8) is 0 Å². The molecule has 0 N–H and O–H groups in total. The molecule has 2 heterocycles. The molecule has 8 nitrogen and oxygen atoms in total. The van der Waals surface area contributed by atoms with Crippen LogP contribution in [0.15, 0.2) is 91.6 Å². The molecule has 36 heavy (non-hydrogen) atoms. The second-order valence-electron chi connectivity index (χ2n) is 7.96. The number of fused-ring (bicyclic) bond motifs is 2. The van der Waals surface area contributed by atoms with E-state index in [1.54, 1.807) is 55.6 Å². The second-order valence-corrected chi connectivity index (χ2v) is 8.87. The number of esters is 1. The van der Waals surface area contributed by atoms with Crippen LogP contribution in [-0.2, 0) is 9.53 Å². The normalized spacial score (nSPS) is 12.3. The molecule has 180 valence electrons. The van der Waals surface area contributed by atoms with Crippen molar-refractivity contribution in [2.24, 2.45) is 5.10 Å². The van der Waals surface area contributed by atoms with E-state index in [2.05, 4.69) is 30.8 Å². The summed E-state index contributed by atoms with van der Waals surface area (Å²) in [6, 6.07) is 21.5. The van der Waals surface area contributed by atoms with E-state index in [9.17, 15) is 9.59 Å². The van der Waals surface area contributed by atoms with Gasteiger partial charge in [0.25, 0.3) is 5.56 Å². The van der Waals surface area contributed by atoms with Crippen molar-refractivity contribution in [2.45, 2.75) is 13.0 Å². The van der Waals surface area contributed by atoms with E-state index in [0.717, 1.165) is 9.86 Å². The molecule has 0 aliphatic rings. The predicted octanol–water partition coefficient (Wildman–Crippen LogP) is 5.39. The van der Waals surface area contributed by atoms with Gasteiger partial charge in [0.15, 0.2) is 11.9 Å². The average molecular weight is 546 g/mol. The number of benzene rings is 3. The van der Waals surface area contributed by atoms with E-state index in [-0.39, 0.29) is 11.4 Å². The number of rotatable bonds is 6. The first-order chi connectivity index (χ1) is 17.4. The standard InChI is InChI=1S/C27H20BrN3O5/c1-16(27(33)34-2)35-20-10-7-17(8-11-20)15-29-31-25(30-22-6-4-3-5-21(22)26(31)32)24-14-18-13-19(28)9-12-23(18)36-24/h3-16H,1-2H3/t16-/m0/s1. The zero-order valence-electron chi connectivity index (χ0n) is 19.3. The van der Waals surface area contributed by atoms with Crippen LogP contribution in [0, 0.1) is 0 Å². The van der Waals surface area contributed by atoms with Gasteiger partial charge in [-0.05, 0) is 73.2 Å². The molecular weight excluding hydrogens is 526 g/mol. The lowest BCUT2D eigenvalue weighted by Gasteiger charge is -2.12. The van der Waals surface area contributed by atoms with Gasteiger partial charge in [0.05, 0.1) is 24.2 Å². The molecule has 9 heteroatoms. The lowest BCUT2D eigenvalue weighted by Crippen LogP contribution is -2.24. The highest BCUT2D eigenvalue weighted by Gasteiger charge is 2.17. The molecule has 0 spiro atoms. The molecule has 0 radical (unpaired) electrons. The molecule has 0 aliphatic carbocycles. The minimum absolute atomic E-state index is 0.286. The summed E-state index contributed by atoms with van der Waals surface area (Å²) in [5.41, 5.74) is 1.61. The van der Waals surface area contributed by atoms with Crippen molar-refractivity contribution in [1.82, 2.24) is 9.66 Å². The average Bonchev–Trinajstić information content (AvgIpc) is 3.31. The van der Waals surface area contributed by atoms with Crippen molar-refractivity contribution >= 4 is 50.0 Å². The number of aromatic nitrogens is 2. The fraction of sp³-hybridized carbons (Fsp3) is 0.111. The van der Waals surface area contributed by atoms with E-state index in [1.165, 1.54) is 11.8 Å². The summed E-state index contributed by atoms with van der Waals surface area (Å²) in [6.45, 7) is 1.61. The molecule has 1 atom stereocenters. The fourth-order valence-electron chi connectivity index (χ4n) is 3.69. The lowest BCUT2D eigenvalue weighted by molar-refractivity contribution is -0.147. The Morgan fingerprint density at radius 2 is 1.89 bits per heavy atom. The largest absolute Gasteiger partial charge is 0.479 e. The number of para-hydroxylation sites is 1. The summed E-state index contributed by atoms with van der Waals surface area (Å²) < 4.78 is 18.4. The number of nitrogens with zero attached hydrogens (tertiary/aromatic N) is 3. The Morgan fingerprint density at radius 1 is 1.11 bits per heavy atom. The van der Waals surface area contributed by atoms with E-state index in [4.69, 9.17) is 9.15 Å². The number of hydrogen-bond acceptors (Lipinski definition) is 7. The molecule has 0 aliphatic heterocycles. The third-order valence-corrected chi connectivity index (χ3v) is 5.99.